The van der Waals surface area contributed by atoms with Gasteiger partial charge in [-0.1, -0.05) is 23.7 Å². The minimum absolute atomic E-state index is 0.268. The molecule has 1 heterocycles. The molecule has 0 aliphatic carbocycles. The van der Waals surface area contributed by atoms with Gasteiger partial charge >= 0.3 is 0 Å². The summed E-state index contributed by atoms with van der Waals surface area (Å²) >= 11 is 9.31. The third-order valence-corrected chi connectivity index (χ3v) is 4.81. The Hall–Kier alpha value is -2.84. The molecule has 0 spiro atoms. The minimum atomic E-state index is -0.407. The number of carbonyl (C=O) groups is 1. The van der Waals surface area contributed by atoms with E-state index in [1.165, 1.54) is 6.21 Å². The summed E-state index contributed by atoms with van der Waals surface area (Å²) in [6, 6.07) is 12.6. The van der Waals surface area contributed by atoms with Crippen molar-refractivity contribution in [2.24, 2.45) is 5.10 Å². The van der Waals surface area contributed by atoms with Gasteiger partial charge in [0.05, 0.1) is 31.5 Å². The fraction of sp³-hybridized carbons (Fsp3) is 0.150. The van der Waals surface area contributed by atoms with Crippen LogP contribution in [0.15, 0.2) is 58.2 Å². The summed E-state index contributed by atoms with van der Waals surface area (Å²) in [7, 11) is 3.11. The van der Waals surface area contributed by atoms with Crippen LogP contribution in [0.4, 0.5) is 0 Å². The predicted octanol–water partition coefficient (Wildman–Crippen LogP) is 4.13. The molecule has 3 rings (SSSR count). The molecule has 0 fully saturated rings. The van der Waals surface area contributed by atoms with Crippen molar-refractivity contribution >= 4 is 39.7 Å². The van der Waals surface area contributed by atoms with Gasteiger partial charge in [-0.15, -0.1) is 0 Å². The molecular weight excluding hydrogens is 460 g/mol. The summed E-state index contributed by atoms with van der Waals surface area (Å²) in [6.07, 6.45) is 3.24. The molecule has 0 aliphatic rings. The Bertz CT molecular complexity index is 1030. The van der Waals surface area contributed by atoms with Gasteiger partial charge in [-0.2, -0.15) is 10.2 Å². The second kappa shape index (κ2) is 9.58. The van der Waals surface area contributed by atoms with Crippen molar-refractivity contribution in [2.75, 3.05) is 14.2 Å². The predicted molar refractivity (Wildman–Crippen MR) is 115 cm³/mol. The third kappa shape index (κ3) is 5.36. The van der Waals surface area contributed by atoms with Crippen LogP contribution in [-0.2, 0) is 6.54 Å². The van der Waals surface area contributed by atoms with Gasteiger partial charge in [0, 0.05) is 11.2 Å². The van der Waals surface area contributed by atoms with Gasteiger partial charge in [-0.25, -0.2) is 5.43 Å². The molecule has 9 heteroatoms. The number of methoxy groups -OCH3 is 2. The Morgan fingerprint density at radius 3 is 2.69 bits per heavy atom. The van der Waals surface area contributed by atoms with Crippen LogP contribution in [0.2, 0.25) is 5.02 Å². The maximum atomic E-state index is 12.3. The maximum absolute atomic E-state index is 12.3. The van der Waals surface area contributed by atoms with Crippen LogP contribution in [-0.4, -0.2) is 36.1 Å². The number of rotatable bonds is 7. The Balaban J connectivity index is 1.63. The van der Waals surface area contributed by atoms with Gasteiger partial charge in [0.2, 0.25) is 0 Å². The lowest BCUT2D eigenvalue weighted by atomic mass is 10.2. The molecule has 29 heavy (non-hydrogen) atoms. The highest BCUT2D eigenvalue weighted by Crippen LogP contribution is 2.35. The van der Waals surface area contributed by atoms with E-state index in [9.17, 15) is 4.79 Å². The average Bonchev–Trinajstić information content (AvgIpc) is 3.18. The molecule has 0 saturated carbocycles. The number of hydrogen-bond donors (Lipinski definition) is 1. The van der Waals surface area contributed by atoms with Crippen molar-refractivity contribution in [3.05, 3.63) is 75.0 Å². The third-order valence-electron chi connectivity index (χ3n) is 3.97. The molecule has 3 aromatic rings. The fourth-order valence-corrected chi connectivity index (χ4v) is 3.33. The summed E-state index contributed by atoms with van der Waals surface area (Å²) in [6.45, 7) is 0.535. The van der Waals surface area contributed by atoms with E-state index in [2.05, 4.69) is 31.6 Å². The van der Waals surface area contributed by atoms with Gasteiger partial charge in [-0.05, 0) is 57.4 Å². The molecule has 0 aliphatic heterocycles. The van der Waals surface area contributed by atoms with E-state index in [4.69, 9.17) is 21.1 Å². The molecule has 150 valence electrons. The SMILES string of the molecule is COc1cc(/C=N/NC(=O)c2ccn(Cc3ccc(Cl)cc3)n2)cc(Br)c1OC. The molecule has 0 saturated heterocycles. The average molecular weight is 478 g/mol. The van der Waals surface area contributed by atoms with Gasteiger partial charge in [0.15, 0.2) is 17.2 Å². The first-order chi connectivity index (χ1) is 14.0. The summed E-state index contributed by atoms with van der Waals surface area (Å²) in [5.41, 5.74) is 4.49. The normalized spacial score (nSPS) is 10.9. The lowest BCUT2D eigenvalue weighted by Gasteiger charge is -2.10. The quantitative estimate of drug-likeness (QED) is 0.410. The first-order valence-corrected chi connectivity index (χ1v) is 9.70. The monoisotopic (exact) mass is 476 g/mol. The van der Waals surface area contributed by atoms with E-state index in [0.29, 0.717) is 27.5 Å². The molecule has 1 N–H and O–H groups in total. The van der Waals surface area contributed by atoms with Crippen molar-refractivity contribution in [1.29, 1.82) is 0 Å². The molecule has 0 radical (unpaired) electrons. The molecule has 1 amide bonds. The van der Waals surface area contributed by atoms with Crippen molar-refractivity contribution in [3.8, 4) is 11.5 Å². The van der Waals surface area contributed by atoms with Crippen molar-refractivity contribution in [3.63, 3.8) is 0 Å². The van der Waals surface area contributed by atoms with Crippen molar-refractivity contribution < 1.29 is 14.3 Å². The standard InChI is InChI=1S/C20H18BrClN4O3/c1-28-18-10-14(9-16(21)19(18)29-2)11-23-24-20(27)17-7-8-26(25-17)12-13-3-5-15(22)6-4-13/h3-11H,12H2,1-2H3,(H,24,27)/b23-11+. The maximum Gasteiger partial charge on any atom is 0.291 e. The Labute approximate surface area is 181 Å². The van der Waals surface area contributed by atoms with Crippen LogP contribution in [0.5, 0.6) is 11.5 Å². The molecular formula is C20H18BrClN4O3. The highest BCUT2D eigenvalue weighted by atomic mass is 79.9. The number of aromatic nitrogens is 2. The van der Waals surface area contributed by atoms with Crippen LogP contribution in [0.3, 0.4) is 0 Å². The highest BCUT2D eigenvalue weighted by Gasteiger charge is 2.11. The van der Waals surface area contributed by atoms with E-state index >= 15 is 0 Å². The molecule has 7 nitrogen and oxygen atoms in total. The lowest BCUT2D eigenvalue weighted by Crippen LogP contribution is -2.18. The zero-order valence-electron chi connectivity index (χ0n) is 15.7. The van der Waals surface area contributed by atoms with Gasteiger partial charge in [-0.3, -0.25) is 9.48 Å². The largest absolute Gasteiger partial charge is 0.493 e. The zero-order valence-corrected chi connectivity index (χ0v) is 18.1. The van der Waals surface area contributed by atoms with E-state index in [-0.39, 0.29) is 5.69 Å². The Morgan fingerprint density at radius 2 is 2.00 bits per heavy atom. The number of carbonyl (C=O) groups excluding carboxylic acids is 1. The number of nitrogens with zero attached hydrogens (tertiary/aromatic N) is 3. The molecule has 0 unspecified atom stereocenters. The van der Waals surface area contributed by atoms with E-state index < -0.39 is 5.91 Å². The molecule has 1 aromatic heterocycles. The first kappa shape index (κ1) is 20.9. The van der Waals surface area contributed by atoms with Crippen molar-refractivity contribution in [1.82, 2.24) is 15.2 Å². The first-order valence-electron chi connectivity index (χ1n) is 8.53. The second-order valence-corrected chi connectivity index (χ2v) is 7.25. The van der Waals surface area contributed by atoms with Crippen molar-refractivity contribution in [2.45, 2.75) is 6.54 Å². The van der Waals surface area contributed by atoms with E-state index in [1.54, 1.807) is 43.3 Å². The summed E-state index contributed by atoms with van der Waals surface area (Å²) in [4.78, 5) is 12.3. The lowest BCUT2D eigenvalue weighted by molar-refractivity contribution is 0.0949. The molecule has 2 aromatic carbocycles. The van der Waals surface area contributed by atoms with Crippen LogP contribution in [0, 0.1) is 0 Å². The zero-order chi connectivity index (χ0) is 20.8. The summed E-state index contributed by atoms with van der Waals surface area (Å²) in [5.74, 6) is 0.728. The number of nitrogens with one attached hydrogen (secondary N) is 1. The number of halogens is 2. The Kier molecular flexibility index (Phi) is 6.90. The number of benzene rings is 2. The number of ether oxygens (including phenoxy) is 2. The van der Waals surface area contributed by atoms with Gasteiger partial charge in [0.25, 0.3) is 5.91 Å². The second-order valence-electron chi connectivity index (χ2n) is 5.96. The van der Waals surface area contributed by atoms with Gasteiger partial charge < -0.3 is 9.47 Å². The van der Waals surface area contributed by atoms with Crippen LogP contribution < -0.4 is 14.9 Å². The smallest absolute Gasteiger partial charge is 0.291 e. The topological polar surface area (TPSA) is 77.7 Å². The number of hydrogen-bond acceptors (Lipinski definition) is 5. The number of amides is 1. The van der Waals surface area contributed by atoms with Crippen LogP contribution in [0.25, 0.3) is 0 Å². The Morgan fingerprint density at radius 1 is 1.24 bits per heavy atom. The van der Waals surface area contributed by atoms with Crippen LogP contribution in [0.1, 0.15) is 21.6 Å². The van der Waals surface area contributed by atoms with E-state index in [0.717, 1.165) is 11.1 Å². The molecule has 0 bridgehead atoms. The van der Waals surface area contributed by atoms with Gasteiger partial charge in [0.1, 0.15) is 0 Å². The molecule has 0 atom stereocenters. The van der Waals surface area contributed by atoms with Crippen LogP contribution >= 0.6 is 27.5 Å². The minimum Gasteiger partial charge on any atom is -0.493 e. The number of hydrazone groups is 1. The summed E-state index contributed by atoms with van der Waals surface area (Å²) < 4.78 is 12.9. The fourth-order valence-electron chi connectivity index (χ4n) is 2.58. The summed E-state index contributed by atoms with van der Waals surface area (Å²) in [5, 5.41) is 8.93. The highest BCUT2D eigenvalue weighted by molar-refractivity contribution is 9.10. The van der Waals surface area contributed by atoms with E-state index in [1.807, 2.05) is 24.3 Å².